The van der Waals surface area contributed by atoms with Gasteiger partial charge in [-0.3, -0.25) is 10.1 Å². The number of hydrogen-bond donors (Lipinski definition) is 2. The van der Waals surface area contributed by atoms with Crippen LogP contribution in [0.1, 0.15) is 16.3 Å². The van der Waals surface area contributed by atoms with E-state index in [4.69, 9.17) is 5.11 Å². The molecule has 2 N–H and O–H groups in total. The molecule has 0 amide bonds. The second-order valence-electron chi connectivity index (χ2n) is 4.87. The van der Waals surface area contributed by atoms with Crippen molar-refractivity contribution in [3.8, 4) is 6.07 Å². The normalized spacial score (nSPS) is 10.5. The molecule has 3 rings (SSSR count). The number of thiazole rings is 1. The van der Waals surface area contributed by atoms with Crippen molar-refractivity contribution in [1.82, 2.24) is 9.97 Å². The molecular weight excluding hydrogens is 330 g/mol. The Morgan fingerprint density at radius 1 is 1.38 bits per heavy atom. The summed E-state index contributed by atoms with van der Waals surface area (Å²) in [7, 11) is 0. The molecule has 0 atom stereocenters. The van der Waals surface area contributed by atoms with Gasteiger partial charge < -0.3 is 10.4 Å². The number of non-ortho nitro benzene ring substituents is 1. The van der Waals surface area contributed by atoms with Gasteiger partial charge in [0.15, 0.2) is 0 Å². The van der Waals surface area contributed by atoms with E-state index >= 15 is 0 Å². The molecule has 2 aromatic heterocycles. The molecule has 0 aliphatic heterocycles. The Balaban J connectivity index is 1.90. The second kappa shape index (κ2) is 6.57. The van der Waals surface area contributed by atoms with Crippen LogP contribution in [0.5, 0.6) is 0 Å². The molecule has 0 saturated carbocycles. The zero-order chi connectivity index (χ0) is 17.1. The molecule has 2 heterocycles. The Labute approximate surface area is 140 Å². The zero-order valence-electron chi connectivity index (χ0n) is 12.3. The standard InChI is InChI=1S/C15H11N5O3S/c16-5-9-3-14(17-6-15-18-10(7-21)8-24-15)19-13-2-1-11(20(22)23)4-12(9)13/h1-4,8,21H,6-7H2,(H,17,19). The lowest BCUT2D eigenvalue weighted by molar-refractivity contribution is -0.384. The molecule has 120 valence electrons. The van der Waals surface area contributed by atoms with E-state index in [9.17, 15) is 15.4 Å². The van der Waals surface area contributed by atoms with Gasteiger partial charge in [0.2, 0.25) is 0 Å². The van der Waals surface area contributed by atoms with Gasteiger partial charge in [-0.25, -0.2) is 9.97 Å². The lowest BCUT2D eigenvalue weighted by Crippen LogP contribution is -2.02. The third kappa shape index (κ3) is 3.15. The number of nitro benzene ring substituents is 1. The Hall–Kier alpha value is -3.09. The molecule has 0 saturated heterocycles. The summed E-state index contributed by atoms with van der Waals surface area (Å²) in [4.78, 5) is 18.9. The van der Waals surface area contributed by atoms with E-state index in [2.05, 4.69) is 15.3 Å². The quantitative estimate of drug-likeness (QED) is 0.539. The van der Waals surface area contributed by atoms with Crippen LogP contribution in [0.25, 0.3) is 10.9 Å². The van der Waals surface area contributed by atoms with Gasteiger partial charge in [0.1, 0.15) is 10.8 Å². The molecule has 0 radical (unpaired) electrons. The monoisotopic (exact) mass is 341 g/mol. The highest BCUT2D eigenvalue weighted by molar-refractivity contribution is 7.09. The van der Waals surface area contributed by atoms with Gasteiger partial charge in [-0.2, -0.15) is 5.26 Å². The molecule has 3 aromatic rings. The van der Waals surface area contributed by atoms with Crippen LogP contribution in [-0.4, -0.2) is 20.0 Å². The Kier molecular flexibility index (Phi) is 4.33. The van der Waals surface area contributed by atoms with Gasteiger partial charge in [0, 0.05) is 22.9 Å². The summed E-state index contributed by atoms with van der Waals surface area (Å²) in [6.45, 7) is 0.295. The lowest BCUT2D eigenvalue weighted by atomic mass is 10.1. The van der Waals surface area contributed by atoms with E-state index in [1.807, 2.05) is 6.07 Å². The van der Waals surface area contributed by atoms with Gasteiger partial charge in [-0.1, -0.05) is 0 Å². The molecule has 0 aliphatic rings. The van der Waals surface area contributed by atoms with Crippen LogP contribution in [0.15, 0.2) is 29.6 Å². The molecule has 24 heavy (non-hydrogen) atoms. The summed E-state index contributed by atoms with van der Waals surface area (Å²) in [6.07, 6.45) is 0. The number of anilines is 1. The van der Waals surface area contributed by atoms with Crippen LogP contribution in [0.4, 0.5) is 11.5 Å². The largest absolute Gasteiger partial charge is 0.390 e. The van der Waals surface area contributed by atoms with Crippen molar-refractivity contribution in [1.29, 1.82) is 5.26 Å². The predicted molar refractivity (Wildman–Crippen MR) is 88.5 cm³/mol. The Morgan fingerprint density at radius 2 is 2.21 bits per heavy atom. The van der Waals surface area contributed by atoms with Crippen molar-refractivity contribution in [3.05, 3.63) is 56.0 Å². The number of pyridine rings is 1. The molecule has 0 bridgehead atoms. The van der Waals surface area contributed by atoms with Crippen LogP contribution in [0.2, 0.25) is 0 Å². The van der Waals surface area contributed by atoms with Crippen LogP contribution in [0.3, 0.4) is 0 Å². The molecule has 9 heteroatoms. The fraction of sp³-hybridized carbons (Fsp3) is 0.133. The van der Waals surface area contributed by atoms with Crippen LogP contribution < -0.4 is 5.32 Å². The van der Waals surface area contributed by atoms with E-state index in [1.165, 1.54) is 29.5 Å². The number of nitro groups is 1. The smallest absolute Gasteiger partial charge is 0.270 e. The molecule has 8 nitrogen and oxygen atoms in total. The summed E-state index contributed by atoms with van der Waals surface area (Å²) < 4.78 is 0. The summed E-state index contributed by atoms with van der Waals surface area (Å²) in [5.41, 5.74) is 1.33. The van der Waals surface area contributed by atoms with Gasteiger partial charge >= 0.3 is 0 Å². The SMILES string of the molecule is N#Cc1cc(NCc2nc(CO)cs2)nc2ccc([N+](=O)[O-])cc12. The number of aliphatic hydroxyl groups excluding tert-OH is 1. The lowest BCUT2D eigenvalue weighted by Gasteiger charge is -2.07. The summed E-state index contributed by atoms with van der Waals surface area (Å²) in [5.74, 6) is 0.480. The first-order valence-electron chi connectivity index (χ1n) is 6.88. The van der Waals surface area contributed by atoms with Crippen LogP contribution in [-0.2, 0) is 13.2 Å². The second-order valence-corrected chi connectivity index (χ2v) is 5.81. The third-order valence-corrected chi connectivity index (χ3v) is 4.20. The number of nitriles is 1. The molecule has 1 aromatic carbocycles. The van der Waals surface area contributed by atoms with E-state index in [1.54, 1.807) is 11.4 Å². The molecular formula is C15H11N5O3S. The number of fused-ring (bicyclic) bond motifs is 1. The van der Waals surface area contributed by atoms with Crippen LogP contribution in [0, 0.1) is 21.4 Å². The highest BCUT2D eigenvalue weighted by Gasteiger charge is 2.12. The molecule has 0 fully saturated rings. The Bertz CT molecular complexity index is 963. The number of benzene rings is 1. The zero-order valence-corrected chi connectivity index (χ0v) is 13.1. The molecule has 0 aliphatic carbocycles. The fourth-order valence-electron chi connectivity index (χ4n) is 2.18. The fourth-order valence-corrected chi connectivity index (χ4v) is 2.90. The van der Waals surface area contributed by atoms with Gasteiger partial charge in [0.25, 0.3) is 5.69 Å². The number of aliphatic hydroxyl groups is 1. The van der Waals surface area contributed by atoms with Gasteiger partial charge in [-0.15, -0.1) is 11.3 Å². The van der Waals surface area contributed by atoms with E-state index in [-0.39, 0.29) is 12.3 Å². The third-order valence-electron chi connectivity index (χ3n) is 3.31. The maximum Gasteiger partial charge on any atom is 0.270 e. The summed E-state index contributed by atoms with van der Waals surface area (Å²) >= 11 is 1.41. The summed E-state index contributed by atoms with van der Waals surface area (Å²) in [6, 6.07) is 7.81. The maximum atomic E-state index is 10.9. The first-order valence-corrected chi connectivity index (χ1v) is 7.76. The van der Waals surface area contributed by atoms with Gasteiger partial charge in [-0.05, 0) is 12.1 Å². The molecule has 0 unspecified atom stereocenters. The average molecular weight is 341 g/mol. The van der Waals surface area contributed by atoms with Crippen LogP contribution >= 0.6 is 11.3 Å². The van der Waals surface area contributed by atoms with Crippen molar-refractivity contribution in [2.24, 2.45) is 0 Å². The van der Waals surface area contributed by atoms with E-state index in [0.717, 1.165) is 5.01 Å². The van der Waals surface area contributed by atoms with Crippen molar-refractivity contribution >= 4 is 33.7 Å². The topological polar surface area (TPSA) is 125 Å². The number of aromatic nitrogens is 2. The number of nitrogens with one attached hydrogen (secondary N) is 1. The number of hydrogen-bond acceptors (Lipinski definition) is 8. The van der Waals surface area contributed by atoms with Crippen molar-refractivity contribution in [2.45, 2.75) is 13.2 Å². The number of nitrogens with zero attached hydrogens (tertiary/aromatic N) is 4. The van der Waals surface area contributed by atoms with Crippen molar-refractivity contribution in [2.75, 3.05) is 5.32 Å². The van der Waals surface area contributed by atoms with E-state index < -0.39 is 4.92 Å². The van der Waals surface area contributed by atoms with Gasteiger partial charge in [0.05, 0.1) is 40.9 Å². The summed E-state index contributed by atoms with van der Waals surface area (Å²) in [5, 5.41) is 35.2. The molecule has 0 spiro atoms. The maximum absolute atomic E-state index is 10.9. The van der Waals surface area contributed by atoms with Crippen molar-refractivity contribution < 1.29 is 10.0 Å². The van der Waals surface area contributed by atoms with Crippen molar-refractivity contribution in [3.63, 3.8) is 0 Å². The minimum atomic E-state index is -0.506. The first-order chi connectivity index (χ1) is 11.6. The predicted octanol–water partition coefficient (Wildman–Crippen LogP) is 2.58. The minimum absolute atomic E-state index is 0.0826. The van der Waals surface area contributed by atoms with E-state index in [0.29, 0.717) is 34.5 Å². The Morgan fingerprint density at radius 3 is 2.88 bits per heavy atom. The number of rotatable bonds is 5. The average Bonchev–Trinajstić information content (AvgIpc) is 3.06. The highest BCUT2D eigenvalue weighted by Crippen LogP contribution is 2.25. The minimum Gasteiger partial charge on any atom is -0.390 e. The first kappa shape index (κ1) is 15.8. The highest BCUT2D eigenvalue weighted by atomic mass is 32.1.